The van der Waals surface area contributed by atoms with Gasteiger partial charge in [-0.3, -0.25) is 9.59 Å². The van der Waals surface area contributed by atoms with Crippen molar-refractivity contribution in [3.8, 4) is 34.2 Å². The highest BCUT2D eigenvalue weighted by Gasteiger charge is 2.25. The number of carbonyl (C=O) groups excluding carboxylic acids is 2. The molecule has 0 spiro atoms. The third-order valence-corrected chi connectivity index (χ3v) is 7.65. The summed E-state index contributed by atoms with van der Waals surface area (Å²) in [5, 5.41) is 16.4. The van der Waals surface area contributed by atoms with Crippen LogP contribution in [0.3, 0.4) is 0 Å². The minimum Gasteiger partial charge on any atom is -0.496 e. The standard InChI is InChI=1S/C32H32N6O3/c1-4-26(39)36-23-13-10-19(11-14-23)29-27(28-30(38(29)2)21(17-33)18-35-31(28)34)20-12-15-24(25(16-20)41-3)32(40)37-22-8-6-5-7-9-22/h4,10-16,18,22H,1,5-9H2,2-3H3,(H2,34,35)(H,36,39)(H,37,40). The van der Waals surface area contributed by atoms with Crippen molar-refractivity contribution in [2.75, 3.05) is 18.2 Å². The van der Waals surface area contributed by atoms with Crippen molar-refractivity contribution in [2.45, 2.75) is 38.1 Å². The van der Waals surface area contributed by atoms with Crippen molar-refractivity contribution in [1.29, 1.82) is 5.26 Å². The molecule has 1 aliphatic rings. The van der Waals surface area contributed by atoms with Crippen LogP contribution in [0.25, 0.3) is 33.3 Å². The van der Waals surface area contributed by atoms with Crippen LogP contribution in [0.4, 0.5) is 11.5 Å². The Hall–Kier alpha value is -5.10. The van der Waals surface area contributed by atoms with E-state index in [4.69, 9.17) is 10.5 Å². The second-order valence-electron chi connectivity index (χ2n) is 10.2. The number of hydrogen-bond acceptors (Lipinski definition) is 6. The number of amides is 2. The normalized spacial score (nSPS) is 13.4. The van der Waals surface area contributed by atoms with Crippen LogP contribution in [-0.4, -0.2) is 34.5 Å². The predicted molar refractivity (Wildman–Crippen MR) is 160 cm³/mol. The molecule has 9 heteroatoms. The third kappa shape index (κ3) is 5.24. The molecule has 0 aliphatic heterocycles. The Bertz CT molecular complexity index is 1690. The van der Waals surface area contributed by atoms with Gasteiger partial charge in [-0.05, 0) is 54.3 Å². The van der Waals surface area contributed by atoms with Crippen molar-refractivity contribution in [3.63, 3.8) is 0 Å². The summed E-state index contributed by atoms with van der Waals surface area (Å²) in [6, 6.07) is 15.2. The molecule has 2 aromatic carbocycles. The third-order valence-electron chi connectivity index (χ3n) is 7.65. The van der Waals surface area contributed by atoms with E-state index < -0.39 is 0 Å². The Morgan fingerprint density at radius 1 is 1.15 bits per heavy atom. The molecule has 2 amide bonds. The van der Waals surface area contributed by atoms with Gasteiger partial charge in [0.15, 0.2) is 0 Å². The summed E-state index contributed by atoms with van der Waals surface area (Å²) in [6.45, 7) is 3.49. The first-order valence-electron chi connectivity index (χ1n) is 13.6. The molecular formula is C32H32N6O3. The maximum atomic E-state index is 13.2. The number of anilines is 2. The molecule has 4 aromatic rings. The number of nitriles is 1. The number of methoxy groups -OCH3 is 1. The molecule has 0 atom stereocenters. The van der Waals surface area contributed by atoms with Gasteiger partial charge in [-0.15, -0.1) is 0 Å². The predicted octanol–water partition coefficient (Wildman–Crippen LogP) is 5.56. The Morgan fingerprint density at radius 2 is 1.85 bits per heavy atom. The first-order valence-corrected chi connectivity index (χ1v) is 13.6. The zero-order chi connectivity index (χ0) is 29.1. The van der Waals surface area contributed by atoms with E-state index in [2.05, 4.69) is 28.3 Å². The van der Waals surface area contributed by atoms with Gasteiger partial charge in [0.2, 0.25) is 5.91 Å². The summed E-state index contributed by atoms with van der Waals surface area (Å²) in [5.74, 6) is 0.247. The number of nitrogens with zero attached hydrogens (tertiary/aromatic N) is 3. The zero-order valence-electron chi connectivity index (χ0n) is 23.2. The van der Waals surface area contributed by atoms with Gasteiger partial charge in [-0.2, -0.15) is 5.26 Å². The molecule has 0 unspecified atom stereocenters. The number of fused-ring (bicyclic) bond motifs is 1. The Morgan fingerprint density at radius 3 is 2.51 bits per heavy atom. The van der Waals surface area contributed by atoms with Crippen LogP contribution in [-0.2, 0) is 11.8 Å². The number of nitrogen functional groups attached to an aromatic ring is 1. The minimum atomic E-state index is -0.305. The topological polar surface area (TPSA) is 135 Å². The fourth-order valence-corrected chi connectivity index (χ4v) is 5.66. The highest BCUT2D eigenvalue weighted by molar-refractivity contribution is 6.11. The summed E-state index contributed by atoms with van der Waals surface area (Å²) in [6.07, 6.45) is 8.08. The molecule has 1 fully saturated rings. The van der Waals surface area contributed by atoms with Crippen molar-refractivity contribution >= 4 is 34.2 Å². The van der Waals surface area contributed by atoms with Crippen molar-refractivity contribution in [3.05, 3.63) is 72.4 Å². The van der Waals surface area contributed by atoms with Gasteiger partial charge in [0.1, 0.15) is 17.6 Å². The van der Waals surface area contributed by atoms with Crippen molar-refractivity contribution in [1.82, 2.24) is 14.9 Å². The first-order chi connectivity index (χ1) is 19.9. The lowest BCUT2D eigenvalue weighted by atomic mass is 9.94. The molecule has 9 nitrogen and oxygen atoms in total. The van der Waals surface area contributed by atoms with Crippen LogP contribution in [0.15, 0.2) is 61.3 Å². The van der Waals surface area contributed by atoms with Crippen LogP contribution in [0.1, 0.15) is 48.0 Å². The van der Waals surface area contributed by atoms with Gasteiger partial charge in [-0.1, -0.05) is 44.0 Å². The van der Waals surface area contributed by atoms with Crippen LogP contribution >= 0.6 is 0 Å². The SMILES string of the molecule is C=CC(=O)Nc1ccc(-c2c(-c3ccc(C(=O)NC4CCCCC4)c(OC)c3)c3c(N)ncc(C#N)c3n2C)cc1. The van der Waals surface area contributed by atoms with E-state index in [1.165, 1.54) is 18.7 Å². The van der Waals surface area contributed by atoms with Crippen LogP contribution in [0, 0.1) is 11.3 Å². The maximum Gasteiger partial charge on any atom is 0.255 e. The number of hydrogen-bond donors (Lipinski definition) is 3. The number of benzene rings is 2. The van der Waals surface area contributed by atoms with E-state index in [0.717, 1.165) is 48.1 Å². The molecular weight excluding hydrogens is 516 g/mol. The largest absolute Gasteiger partial charge is 0.496 e. The van der Waals surface area contributed by atoms with E-state index in [0.29, 0.717) is 33.5 Å². The van der Waals surface area contributed by atoms with E-state index in [1.807, 2.05) is 35.9 Å². The Kier molecular flexibility index (Phi) is 7.74. The second-order valence-corrected chi connectivity index (χ2v) is 10.2. The quantitative estimate of drug-likeness (QED) is 0.259. The fourth-order valence-electron chi connectivity index (χ4n) is 5.66. The molecule has 0 saturated heterocycles. The molecule has 1 saturated carbocycles. The molecule has 41 heavy (non-hydrogen) atoms. The number of ether oxygens (including phenoxy) is 1. The van der Waals surface area contributed by atoms with Gasteiger partial charge in [0.05, 0.1) is 34.8 Å². The van der Waals surface area contributed by atoms with E-state index in [-0.39, 0.29) is 23.7 Å². The number of nitrogens with one attached hydrogen (secondary N) is 2. The van der Waals surface area contributed by atoms with Crippen molar-refractivity contribution in [2.24, 2.45) is 7.05 Å². The summed E-state index contributed by atoms with van der Waals surface area (Å²) in [7, 11) is 3.42. The number of pyridine rings is 1. The first kappa shape index (κ1) is 27.5. The summed E-state index contributed by atoms with van der Waals surface area (Å²) >= 11 is 0. The van der Waals surface area contributed by atoms with Crippen LogP contribution < -0.4 is 21.1 Å². The molecule has 1 aliphatic carbocycles. The zero-order valence-corrected chi connectivity index (χ0v) is 23.2. The second kappa shape index (κ2) is 11.6. The number of rotatable bonds is 7. The summed E-state index contributed by atoms with van der Waals surface area (Å²) in [4.78, 5) is 29.3. The number of aryl methyl sites for hydroxylation is 1. The lowest BCUT2D eigenvalue weighted by Crippen LogP contribution is -2.36. The lowest BCUT2D eigenvalue weighted by Gasteiger charge is -2.23. The van der Waals surface area contributed by atoms with E-state index in [1.54, 1.807) is 25.3 Å². The molecule has 4 N–H and O–H groups in total. The molecule has 2 aromatic heterocycles. The fraction of sp³-hybridized carbons (Fsp3) is 0.250. The number of carbonyl (C=O) groups is 2. The average Bonchev–Trinajstić information content (AvgIpc) is 3.31. The Labute approximate surface area is 238 Å². The highest BCUT2D eigenvalue weighted by Crippen LogP contribution is 2.44. The van der Waals surface area contributed by atoms with Crippen molar-refractivity contribution < 1.29 is 14.3 Å². The highest BCUT2D eigenvalue weighted by atomic mass is 16.5. The van der Waals surface area contributed by atoms with Gasteiger partial charge in [0.25, 0.3) is 5.91 Å². The molecule has 5 rings (SSSR count). The van der Waals surface area contributed by atoms with Crippen LogP contribution in [0.5, 0.6) is 5.75 Å². The molecule has 0 radical (unpaired) electrons. The van der Waals surface area contributed by atoms with Crippen LogP contribution in [0.2, 0.25) is 0 Å². The minimum absolute atomic E-state index is 0.163. The smallest absolute Gasteiger partial charge is 0.255 e. The number of nitrogens with two attached hydrogens (primary N) is 1. The number of aromatic nitrogens is 2. The molecule has 2 heterocycles. The van der Waals surface area contributed by atoms with E-state index in [9.17, 15) is 14.9 Å². The van der Waals surface area contributed by atoms with Gasteiger partial charge < -0.3 is 25.7 Å². The van der Waals surface area contributed by atoms with E-state index >= 15 is 0 Å². The lowest BCUT2D eigenvalue weighted by molar-refractivity contribution is -0.111. The summed E-state index contributed by atoms with van der Waals surface area (Å²) in [5.41, 5.74) is 11.7. The molecule has 0 bridgehead atoms. The molecule has 208 valence electrons. The maximum absolute atomic E-state index is 13.2. The monoisotopic (exact) mass is 548 g/mol. The van der Waals surface area contributed by atoms with Gasteiger partial charge in [0, 0.05) is 30.5 Å². The van der Waals surface area contributed by atoms with Gasteiger partial charge in [-0.25, -0.2) is 4.98 Å². The van der Waals surface area contributed by atoms with Gasteiger partial charge >= 0.3 is 0 Å². The average molecular weight is 549 g/mol. The summed E-state index contributed by atoms with van der Waals surface area (Å²) < 4.78 is 7.63. The Balaban J connectivity index is 1.66.